The van der Waals surface area contributed by atoms with Gasteiger partial charge in [0, 0.05) is 13.1 Å². The Morgan fingerprint density at radius 2 is 2.00 bits per heavy atom. The molecule has 0 unspecified atom stereocenters. The third kappa shape index (κ3) is 6.63. The zero-order chi connectivity index (χ0) is 18.3. The van der Waals surface area contributed by atoms with Crippen LogP contribution in [0.5, 0.6) is 0 Å². The lowest BCUT2D eigenvalue weighted by Crippen LogP contribution is -2.40. The first kappa shape index (κ1) is 19.7. The largest absolute Gasteiger partial charge is 0.355 e. The van der Waals surface area contributed by atoms with E-state index in [2.05, 4.69) is 11.4 Å². The average Bonchev–Trinajstić information content (AvgIpc) is 2.56. The van der Waals surface area contributed by atoms with Gasteiger partial charge in [0.2, 0.25) is 15.9 Å². The number of allylic oxidation sites excluding steroid dienone is 1. The van der Waals surface area contributed by atoms with Crippen LogP contribution in [0.1, 0.15) is 43.2 Å². The van der Waals surface area contributed by atoms with Gasteiger partial charge in [-0.3, -0.25) is 4.79 Å². The fraction of sp³-hybridized carbons (Fsp3) is 0.526. The predicted molar refractivity (Wildman–Crippen MR) is 101 cm³/mol. The summed E-state index contributed by atoms with van der Waals surface area (Å²) in [7, 11) is -3.46. The van der Waals surface area contributed by atoms with Crippen molar-refractivity contribution in [3.8, 4) is 0 Å². The summed E-state index contributed by atoms with van der Waals surface area (Å²) in [6.07, 6.45) is 8.96. The van der Waals surface area contributed by atoms with Gasteiger partial charge in [0.1, 0.15) is 0 Å². The van der Waals surface area contributed by atoms with E-state index in [1.54, 1.807) is 0 Å². The number of amides is 1. The minimum atomic E-state index is -3.46. The van der Waals surface area contributed by atoms with Gasteiger partial charge in [-0.15, -0.1) is 0 Å². The van der Waals surface area contributed by atoms with Crippen molar-refractivity contribution in [2.24, 2.45) is 0 Å². The van der Waals surface area contributed by atoms with Crippen LogP contribution in [0.2, 0.25) is 0 Å². The minimum Gasteiger partial charge on any atom is -0.355 e. The van der Waals surface area contributed by atoms with Crippen molar-refractivity contribution in [2.75, 3.05) is 19.3 Å². The molecular formula is C19H28N2O3S. The van der Waals surface area contributed by atoms with E-state index >= 15 is 0 Å². The third-order valence-corrected chi connectivity index (χ3v) is 5.75. The molecule has 1 aromatic rings. The van der Waals surface area contributed by atoms with Crippen LogP contribution in [0.3, 0.4) is 0 Å². The van der Waals surface area contributed by atoms with Gasteiger partial charge in [-0.05, 0) is 50.2 Å². The molecule has 1 aromatic carbocycles. The van der Waals surface area contributed by atoms with Crippen LogP contribution in [0.15, 0.2) is 35.9 Å². The zero-order valence-corrected chi connectivity index (χ0v) is 15.9. The van der Waals surface area contributed by atoms with E-state index in [0.717, 1.165) is 36.6 Å². The quantitative estimate of drug-likeness (QED) is 0.721. The van der Waals surface area contributed by atoms with E-state index in [1.165, 1.54) is 22.7 Å². The summed E-state index contributed by atoms with van der Waals surface area (Å²) < 4.78 is 25.3. The van der Waals surface area contributed by atoms with Gasteiger partial charge >= 0.3 is 0 Å². The van der Waals surface area contributed by atoms with Crippen LogP contribution in [0.4, 0.5) is 0 Å². The molecular weight excluding hydrogens is 336 g/mol. The van der Waals surface area contributed by atoms with Crippen LogP contribution in [-0.4, -0.2) is 38.0 Å². The van der Waals surface area contributed by atoms with Crippen molar-refractivity contribution in [1.29, 1.82) is 0 Å². The van der Waals surface area contributed by atoms with Gasteiger partial charge in [-0.2, -0.15) is 4.31 Å². The molecule has 138 valence electrons. The van der Waals surface area contributed by atoms with Crippen LogP contribution >= 0.6 is 0 Å². The highest BCUT2D eigenvalue weighted by Gasteiger charge is 2.21. The summed E-state index contributed by atoms with van der Waals surface area (Å²) in [5.74, 6) is -0.254. The Morgan fingerprint density at radius 1 is 1.24 bits per heavy atom. The van der Waals surface area contributed by atoms with Gasteiger partial charge < -0.3 is 5.32 Å². The molecule has 1 N–H and O–H groups in total. The van der Waals surface area contributed by atoms with E-state index in [4.69, 9.17) is 0 Å². The number of rotatable bonds is 8. The summed E-state index contributed by atoms with van der Waals surface area (Å²) >= 11 is 0. The zero-order valence-electron chi connectivity index (χ0n) is 15.1. The Morgan fingerprint density at radius 3 is 2.64 bits per heavy atom. The molecule has 0 saturated carbocycles. The van der Waals surface area contributed by atoms with Crippen LogP contribution in [0, 0.1) is 6.92 Å². The SMILES string of the molecule is Cc1ccccc1CN(CC(=O)NCCC1=CCCCC1)S(C)(=O)=O. The molecule has 0 radical (unpaired) electrons. The highest BCUT2D eigenvalue weighted by atomic mass is 32.2. The standard InChI is InChI=1S/C19H28N2O3S/c1-16-8-6-7-11-18(16)14-21(25(2,23)24)15-19(22)20-13-12-17-9-4-3-5-10-17/h6-9,11H,3-5,10,12-15H2,1-2H3,(H,20,22). The van der Waals surface area contributed by atoms with Crippen LogP contribution in [0.25, 0.3) is 0 Å². The molecule has 1 amide bonds. The predicted octanol–water partition coefficient (Wildman–Crippen LogP) is 2.76. The second kappa shape index (κ2) is 9.15. The number of carbonyl (C=O) groups is 1. The average molecular weight is 365 g/mol. The maximum atomic E-state index is 12.2. The Labute approximate surface area is 151 Å². The molecule has 0 bridgehead atoms. The molecule has 0 aliphatic heterocycles. The second-order valence-electron chi connectivity index (χ2n) is 6.67. The van der Waals surface area contributed by atoms with E-state index in [1.807, 2.05) is 31.2 Å². The molecule has 2 rings (SSSR count). The molecule has 1 aliphatic carbocycles. The molecule has 0 aromatic heterocycles. The van der Waals surface area contributed by atoms with Crippen molar-refractivity contribution in [1.82, 2.24) is 9.62 Å². The summed E-state index contributed by atoms with van der Waals surface area (Å²) in [5.41, 5.74) is 3.32. The molecule has 6 heteroatoms. The Balaban J connectivity index is 1.89. The molecule has 0 fully saturated rings. The van der Waals surface area contributed by atoms with E-state index in [0.29, 0.717) is 6.54 Å². The highest BCUT2D eigenvalue weighted by Crippen LogP contribution is 2.19. The van der Waals surface area contributed by atoms with Gasteiger partial charge in [0.25, 0.3) is 0 Å². The lowest BCUT2D eigenvalue weighted by molar-refractivity contribution is -0.121. The number of nitrogens with zero attached hydrogens (tertiary/aromatic N) is 1. The Hall–Kier alpha value is -1.66. The lowest BCUT2D eigenvalue weighted by Gasteiger charge is -2.21. The monoisotopic (exact) mass is 364 g/mol. The Bertz CT molecular complexity index is 726. The van der Waals surface area contributed by atoms with Gasteiger partial charge in [0.15, 0.2) is 0 Å². The van der Waals surface area contributed by atoms with Crippen LogP contribution < -0.4 is 5.32 Å². The topological polar surface area (TPSA) is 66.5 Å². The maximum Gasteiger partial charge on any atom is 0.235 e. The number of aryl methyl sites for hydroxylation is 1. The second-order valence-corrected chi connectivity index (χ2v) is 8.65. The first-order valence-electron chi connectivity index (χ1n) is 8.80. The fourth-order valence-corrected chi connectivity index (χ4v) is 3.70. The van der Waals surface area contributed by atoms with Gasteiger partial charge in [-0.1, -0.05) is 35.9 Å². The number of nitrogens with one attached hydrogen (secondary N) is 1. The molecule has 0 heterocycles. The smallest absolute Gasteiger partial charge is 0.235 e. The van der Waals surface area contributed by atoms with Gasteiger partial charge in [0.05, 0.1) is 12.8 Å². The minimum absolute atomic E-state index is 0.147. The number of sulfonamides is 1. The molecule has 25 heavy (non-hydrogen) atoms. The number of hydrogen-bond donors (Lipinski definition) is 1. The first-order chi connectivity index (χ1) is 11.9. The van der Waals surface area contributed by atoms with Gasteiger partial charge in [-0.25, -0.2) is 8.42 Å². The maximum absolute atomic E-state index is 12.2. The first-order valence-corrected chi connectivity index (χ1v) is 10.7. The Kier molecular flexibility index (Phi) is 7.20. The summed E-state index contributed by atoms with van der Waals surface area (Å²) in [6.45, 7) is 2.57. The molecule has 0 spiro atoms. The van der Waals surface area contributed by atoms with E-state index in [-0.39, 0.29) is 19.0 Å². The van der Waals surface area contributed by atoms with Crippen molar-refractivity contribution in [3.05, 3.63) is 47.0 Å². The molecule has 0 atom stereocenters. The highest BCUT2D eigenvalue weighted by molar-refractivity contribution is 7.88. The normalized spacial score (nSPS) is 15.1. The van der Waals surface area contributed by atoms with E-state index < -0.39 is 10.0 Å². The molecule has 5 nitrogen and oxygen atoms in total. The number of carbonyl (C=O) groups excluding carboxylic acids is 1. The van der Waals surface area contributed by atoms with Crippen molar-refractivity contribution < 1.29 is 13.2 Å². The summed E-state index contributed by atoms with van der Waals surface area (Å²) in [5, 5.41) is 2.85. The number of benzene rings is 1. The number of hydrogen-bond acceptors (Lipinski definition) is 3. The summed E-state index contributed by atoms with van der Waals surface area (Å²) in [4.78, 5) is 12.2. The summed E-state index contributed by atoms with van der Waals surface area (Å²) in [6, 6.07) is 7.62. The van der Waals surface area contributed by atoms with Crippen LogP contribution in [-0.2, 0) is 21.4 Å². The van der Waals surface area contributed by atoms with Crippen molar-refractivity contribution >= 4 is 15.9 Å². The fourth-order valence-electron chi connectivity index (χ4n) is 2.98. The molecule has 0 saturated heterocycles. The van der Waals surface area contributed by atoms with Crippen molar-refractivity contribution in [2.45, 2.75) is 45.6 Å². The third-order valence-electron chi connectivity index (χ3n) is 4.55. The lowest BCUT2D eigenvalue weighted by atomic mass is 9.97. The molecule has 1 aliphatic rings. The van der Waals surface area contributed by atoms with Crippen molar-refractivity contribution in [3.63, 3.8) is 0 Å². The van der Waals surface area contributed by atoms with E-state index in [9.17, 15) is 13.2 Å².